The second kappa shape index (κ2) is 9.14. The average molecular weight is 455 g/mol. The van der Waals surface area contributed by atoms with Gasteiger partial charge in [0.25, 0.3) is 5.91 Å². The van der Waals surface area contributed by atoms with Crippen molar-refractivity contribution >= 4 is 17.7 Å². The number of oxime groups is 1. The predicted molar refractivity (Wildman–Crippen MR) is 128 cm³/mol. The molecular formula is C28H26N2O4. The van der Waals surface area contributed by atoms with E-state index in [1.165, 1.54) is 4.90 Å². The first-order valence-electron chi connectivity index (χ1n) is 11.4. The first kappa shape index (κ1) is 21.9. The smallest absolute Gasteiger partial charge is 0.417 e. The predicted octanol–water partition coefficient (Wildman–Crippen LogP) is 4.69. The van der Waals surface area contributed by atoms with Crippen molar-refractivity contribution in [2.24, 2.45) is 5.16 Å². The van der Waals surface area contributed by atoms with Crippen LogP contribution in [0.3, 0.4) is 0 Å². The number of ether oxygens (including phenoxy) is 1. The molecule has 2 heterocycles. The van der Waals surface area contributed by atoms with E-state index in [-0.39, 0.29) is 6.61 Å². The molecule has 0 saturated carbocycles. The van der Waals surface area contributed by atoms with Gasteiger partial charge in [0, 0.05) is 6.42 Å². The summed E-state index contributed by atoms with van der Waals surface area (Å²) in [4.78, 5) is 33.5. The lowest BCUT2D eigenvalue weighted by atomic mass is 9.84. The van der Waals surface area contributed by atoms with Gasteiger partial charge in [-0.05, 0) is 36.5 Å². The Labute approximate surface area is 198 Å². The van der Waals surface area contributed by atoms with Crippen molar-refractivity contribution in [2.75, 3.05) is 6.61 Å². The third kappa shape index (κ3) is 4.31. The largest absolute Gasteiger partial charge is 0.447 e. The standard InChI is InChI=1S/C28H26N2O4/c1-20-12-14-23(15-13-20)24-16-25(34-29-24)26(31)30-27(32)33-19-28(30,17-21-8-4-2-5-9-21)18-22-10-6-3-7-11-22/h2-15,25H,16-19H2,1H3. The fourth-order valence-electron chi connectivity index (χ4n) is 4.69. The van der Waals surface area contributed by atoms with Gasteiger partial charge in [0.1, 0.15) is 6.61 Å². The van der Waals surface area contributed by atoms with Crippen molar-refractivity contribution in [1.29, 1.82) is 0 Å². The second-order valence-electron chi connectivity index (χ2n) is 8.98. The number of nitrogens with zero attached hydrogens (tertiary/aromatic N) is 2. The molecule has 1 saturated heterocycles. The molecule has 2 aliphatic heterocycles. The van der Waals surface area contributed by atoms with Crippen LogP contribution in [0.5, 0.6) is 0 Å². The average Bonchev–Trinajstić information content (AvgIpc) is 3.46. The lowest BCUT2D eigenvalue weighted by Crippen LogP contribution is -2.56. The number of hydrogen-bond acceptors (Lipinski definition) is 5. The van der Waals surface area contributed by atoms with Gasteiger partial charge in [0.05, 0.1) is 11.3 Å². The number of benzene rings is 3. The molecule has 0 aliphatic carbocycles. The van der Waals surface area contributed by atoms with Crippen molar-refractivity contribution in [3.8, 4) is 0 Å². The van der Waals surface area contributed by atoms with Crippen molar-refractivity contribution in [2.45, 2.75) is 37.8 Å². The Bertz CT molecular complexity index is 1160. The molecule has 2 amide bonds. The summed E-state index contributed by atoms with van der Waals surface area (Å²) in [7, 11) is 0. The third-order valence-corrected chi connectivity index (χ3v) is 6.42. The molecule has 6 heteroatoms. The maximum atomic E-state index is 13.7. The Balaban J connectivity index is 1.43. The molecule has 1 unspecified atom stereocenters. The molecule has 0 bridgehead atoms. The second-order valence-corrected chi connectivity index (χ2v) is 8.98. The highest BCUT2D eigenvalue weighted by molar-refractivity contribution is 6.06. The van der Waals surface area contributed by atoms with Crippen molar-refractivity contribution in [3.63, 3.8) is 0 Å². The third-order valence-electron chi connectivity index (χ3n) is 6.42. The van der Waals surface area contributed by atoms with Crippen LogP contribution in [-0.2, 0) is 27.2 Å². The molecule has 0 spiro atoms. The summed E-state index contributed by atoms with van der Waals surface area (Å²) in [5.74, 6) is -0.416. The van der Waals surface area contributed by atoms with E-state index in [1.807, 2.05) is 91.9 Å². The summed E-state index contributed by atoms with van der Waals surface area (Å²) in [5, 5.41) is 4.17. The fraction of sp³-hybridized carbons (Fsp3) is 0.250. The van der Waals surface area contributed by atoms with Crippen LogP contribution in [0.1, 0.15) is 28.7 Å². The molecule has 172 valence electrons. The molecule has 3 aromatic rings. The first-order chi connectivity index (χ1) is 16.5. The zero-order chi connectivity index (χ0) is 23.5. The number of rotatable bonds is 6. The molecule has 1 fully saturated rings. The van der Waals surface area contributed by atoms with Gasteiger partial charge in [-0.15, -0.1) is 0 Å². The van der Waals surface area contributed by atoms with Crippen molar-refractivity contribution < 1.29 is 19.2 Å². The molecule has 34 heavy (non-hydrogen) atoms. The van der Waals surface area contributed by atoms with Crippen LogP contribution in [0, 0.1) is 6.92 Å². The van der Waals surface area contributed by atoms with E-state index in [0.29, 0.717) is 25.0 Å². The zero-order valence-corrected chi connectivity index (χ0v) is 19.0. The maximum Gasteiger partial charge on any atom is 0.417 e. The topological polar surface area (TPSA) is 68.2 Å². The van der Waals surface area contributed by atoms with Crippen molar-refractivity contribution in [3.05, 3.63) is 107 Å². The number of carbonyl (C=O) groups is 2. The Kier molecular flexibility index (Phi) is 5.88. The van der Waals surface area contributed by atoms with Gasteiger partial charge in [-0.2, -0.15) is 0 Å². The summed E-state index contributed by atoms with van der Waals surface area (Å²) in [6.45, 7) is 2.14. The molecular weight excluding hydrogens is 428 g/mol. The SMILES string of the molecule is Cc1ccc(C2=NOC(C(=O)N3C(=O)OCC3(Cc3ccccc3)Cc3ccccc3)C2)cc1. The molecule has 6 nitrogen and oxygen atoms in total. The number of amides is 2. The van der Waals surface area contributed by atoms with Gasteiger partial charge in [-0.25, -0.2) is 9.69 Å². The highest BCUT2D eigenvalue weighted by Gasteiger charge is 2.53. The van der Waals surface area contributed by atoms with Crippen LogP contribution in [-0.4, -0.2) is 40.9 Å². The number of aryl methyl sites for hydroxylation is 1. The number of imide groups is 1. The Morgan fingerprint density at radius 1 is 0.941 bits per heavy atom. The monoisotopic (exact) mass is 454 g/mol. The van der Waals surface area contributed by atoms with Gasteiger partial charge in [-0.1, -0.05) is 95.6 Å². The van der Waals surface area contributed by atoms with Crippen LogP contribution in [0.25, 0.3) is 0 Å². The molecule has 0 aromatic heterocycles. The molecule has 5 rings (SSSR count). The Morgan fingerprint density at radius 3 is 2.12 bits per heavy atom. The Hall–Kier alpha value is -3.93. The highest BCUT2D eigenvalue weighted by Crippen LogP contribution is 2.34. The first-order valence-corrected chi connectivity index (χ1v) is 11.4. The summed E-state index contributed by atoms with van der Waals surface area (Å²) >= 11 is 0. The van der Waals surface area contributed by atoms with Gasteiger partial charge >= 0.3 is 6.09 Å². The van der Waals surface area contributed by atoms with E-state index in [0.717, 1.165) is 22.3 Å². The highest BCUT2D eigenvalue weighted by atomic mass is 16.6. The lowest BCUT2D eigenvalue weighted by molar-refractivity contribution is -0.142. The van der Waals surface area contributed by atoms with Crippen molar-refractivity contribution in [1.82, 2.24) is 4.90 Å². The van der Waals surface area contributed by atoms with E-state index >= 15 is 0 Å². The van der Waals surface area contributed by atoms with E-state index < -0.39 is 23.6 Å². The lowest BCUT2D eigenvalue weighted by Gasteiger charge is -2.35. The number of hydrogen-bond donors (Lipinski definition) is 0. The number of carbonyl (C=O) groups excluding carboxylic acids is 2. The fourth-order valence-corrected chi connectivity index (χ4v) is 4.69. The molecule has 0 N–H and O–H groups in total. The van der Waals surface area contributed by atoms with Crippen LogP contribution in [0.4, 0.5) is 4.79 Å². The normalized spacial score (nSPS) is 18.9. The van der Waals surface area contributed by atoms with Gasteiger partial charge in [-0.3, -0.25) is 4.79 Å². The van der Waals surface area contributed by atoms with Crippen LogP contribution in [0.2, 0.25) is 0 Å². The summed E-state index contributed by atoms with van der Waals surface area (Å²) in [5.41, 5.74) is 3.94. The van der Waals surface area contributed by atoms with Crippen LogP contribution >= 0.6 is 0 Å². The summed E-state index contributed by atoms with van der Waals surface area (Å²) < 4.78 is 5.50. The van der Waals surface area contributed by atoms with Gasteiger partial charge in [0.15, 0.2) is 0 Å². The van der Waals surface area contributed by atoms with E-state index in [9.17, 15) is 9.59 Å². The van der Waals surface area contributed by atoms with Gasteiger partial charge < -0.3 is 9.57 Å². The minimum absolute atomic E-state index is 0.125. The van der Waals surface area contributed by atoms with Gasteiger partial charge in [0.2, 0.25) is 6.10 Å². The van der Waals surface area contributed by atoms with E-state index in [2.05, 4.69) is 5.16 Å². The molecule has 2 aliphatic rings. The molecule has 0 radical (unpaired) electrons. The van der Waals surface area contributed by atoms with Crippen LogP contribution < -0.4 is 0 Å². The zero-order valence-electron chi connectivity index (χ0n) is 19.0. The summed E-state index contributed by atoms with van der Waals surface area (Å²) in [6.07, 6.45) is -0.229. The minimum atomic E-state index is -0.868. The van der Waals surface area contributed by atoms with Crippen LogP contribution in [0.15, 0.2) is 90.1 Å². The molecule has 3 aromatic carbocycles. The Morgan fingerprint density at radius 2 is 1.53 bits per heavy atom. The minimum Gasteiger partial charge on any atom is -0.447 e. The molecule has 1 atom stereocenters. The summed E-state index contributed by atoms with van der Waals surface area (Å²) in [6, 6.07) is 27.6. The number of cyclic esters (lactones) is 1. The maximum absolute atomic E-state index is 13.7. The van der Waals surface area contributed by atoms with E-state index in [4.69, 9.17) is 9.57 Å². The quantitative estimate of drug-likeness (QED) is 0.542. The van der Waals surface area contributed by atoms with E-state index in [1.54, 1.807) is 0 Å².